The Morgan fingerprint density at radius 1 is 1.15 bits per heavy atom. The monoisotopic (exact) mass is 578 g/mol. The maximum absolute atomic E-state index is 13.5. The summed E-state index contributed by atoms with van der Waals surface area (Å²) in [6.07, 6.45) is 0.831. The highest BCUT2D eigenvalue weighted by Gasteiger charge is 2.32. The minimum atomic E-state index is -1.07. The van der Waals surface area contributed by atoms with Crippen LogP contribution in [0, 0.1) is 0 Å². The number of imide groups is 1. The Morgan fingerprint density at radius 3 is 2.63 bits per heavy atom. The Balaban J connectivity index is 1.59. The fourth-order valence-electron chi connectivity index (χ4n) is 4.55. The van der Waals surface area contributed by atoms with E-state index < -0.39 is 30.0 Å². The van der Waals surface area contributed by atoms with Crippen LogP contribution in [0.2, 0.25) is 5.02 Å². The summed E-state index contributed by atoms with van der Waals surface area (Å²) < 4.78 is 5.48. The van der Waals surface area contributed by atoms with E-state index in [1.54, 1.807) is 61.7 Å². The fourth-order valence-corrected chi connectivity index (χ4v) is 4.75. The smallest absolute Gasteiger partial charge is 0.335 e. The summed E-state index contributed by atoms with van der Waals surface area (Å²) in [5.74, 6) is -0.0908. The number of hydrogen-bond donors (Lipinski definition) is 3. The molecule has 3 amide bonds. The van der Waals surface area contributed by atoms with Crippen molar-refractivity contribution in [1.82, 2.24) is 15.5 Å². The number of carbonyl (C=O) groups excluding carboxylic acids is 2. The summed E-state index contributed by atoms with van der Waals surface area (Å²) in [6, 6.07) is 18.9. The highest BCUT2D eigenvalue weighted by atomic mass is 35.5. The van der Waals surface area contributed by atoms with Crippen LogP contribution in [0.25, 0.3) is 0 Å². The van der Waals surface area contributed by atoms with E-state index in [-0.39, 0.29) is 24.4 Å². The van der Waals surface area contributed by atoms with Gasteiger partial charge >= 0.3 is 12.0 Å². The van der Waals surface area contributed by atoms with E-state index in [0.717, 1.165) is 10.5 Å². The molecule has 3 aromatic carbocycles. The van der Waals surface area contributed by atoms with Gasteiger partial charge in [-0.05, 0) is 66.4 Å². The van der Waals surface area contributed by atoms with Crippen molar-refractivity contribution in [1.29, 1.82) is 0 Å². The molecule has 1 saturated heterocycles. The van der Waals surface area contributed by atoms with Crippen LogP contribution >= 0.6 is 11.6 Å². The van der Waals surface area contributed by atoms with Crippen molar-refractivity contribution in [2.75, 3.05) is 13.7 Å². The molecule has 10 nitrogen and oxygen atoms in total. The number of rotatable bonds is 9. The van der Waals surface area contributed by atoms with E-state index in [4.69, 9.17) is 21.2 Å². The molecular formula is C30H31ClN4O6. The van der Waals surface area contributed by atoms with Gasteiger partial charge < -0.3 is 25.3 Å². The first kappa shape index (κ1) is 29.4. The second-order valence-electron chi connectivity index (χ2n) is 9.47. The molecule has 2 atom stereocenters. The number of carbonyl (C=O) groups is 3. The van der Waals surface area contributed by atoms with Crippen molar-refractivity contribution in [3.8, 4) is 11.5 Å². The summed E-state index contributed by atoms with van der Waals surface area (Å²) in [7, 11) is 1.56. The minimum Gasteiger partial charge on any atom is -0.496 e. The van der Waals surface area contributed by atoms with E-state index in [2.05, 4.69) is 15.8 Å². The molecule has 4 rings (SSSR count). The number of carboxylic acid groups (broad SMARTS) is 1. The number of methoxy groups -OCH3 is 1. The zero-order valence-electron chi connectivity index (χ0n) is 22.7. The zero-order valence-corrected chi connectivity index (χ0v) is 23.4. The van der Waals surface area contributed by atoms with Crippen molar-refractivity contribution in [3.05, 3.63) is 94.5 Å². The maximum Gasteiger partial charge on any atom is 0.335 e. The lowest BCUT2D eigenvalue weighted by Gasteiger charge is -2.24. The molecule has 0 aromatic heterocycles. The van der Waals surface area contributed by atoms with Crippen molar-refractivity contribution in [3.63, 3.8) is 0 Å². The number of ether oxygens (including phenoxy) is 1. The van der Waals surface area contributed by atoms with Gasteiger partial charge in [-0.15, -0.1) is 0 Å². The van der Waals surface area contributed by atoms with Gasteiger partial charge in [-0.25, -0.2) is 9.59 Å². The zero-order chi connectivity index (χ0) is 29.4. The Labute approximate surface area is 242 Å². The van der Waals surface area contributed by atoms with Crippen LogP contribution in [0.4, 0.5) is 4.79 Å². The van der Waals surface area contributed by atoms with Crippen LogP contribution in [-0.4, -0.2) is 53.4 Å². The molecule has 1 fully saturated rings. The number of hydrogen-bond acceptors (Lipinski definition) is 6. The standard InChI is InChI=1S/C30H31ClN4O6/c1-3-25(19-8-7-9-20(14-19)29(37)38)33-30(39)35-18-27(34-41-24-10-5-4-6-11-24)32-23(17-28(35)36)16-21-15-22(31)12-13-26(21)40-2/h4-15,23,25H,3,16-18H2,1-2H3,(H,32,34)(H,33,39)(H,37,38)/t23?,25-/m1/s1. The van der Waals surface area contributed by atoms with Crippen molar-refractivity contribution >= 4 is 35.3 Å². The number of carboxylic acids is 1. The molecule has 1 heterocycles. The van der Waals surface area contributed by atoms with Crippen molar-refractivity contribution in [2.45, 2.75) is 38.3 Å². The maximum atomic E-state index is 13.5. The number of nitrogens with zero attached hydrogens (tertiary/aromatic N) is 2. The predicted octanol–water partition coefficient (Wildman–Crippen LogP) is 5.03. The van der Waals surface area contributed by atoms with E-state index in [9.17, 15) is 19.5 Å². The molecule has 1 aliphatic rings. The molecule has 11 heteroatoms. The Morgan fingerprint density at radius 2 is 1.93 bits per heavy atom. The third-order valence-electron chi connectivity index (χ3n) is 6.60. The summed E-state index contributed by atoms with van der Waals surface area (Å²) in [5.41, 5.74) is 1.52. The molecule has 0 spiro atoms. The van der Waals surface area contributed by atoms with Gasteiger partial charge in [0.1, 0.15) is 5.75 Å². The molecule has 0 saturated carbocycles. The number of halogens is 1. The second-order valence-corrected chi connectivity index (χ2v) is 9.91. The largest absolute Gasteiger partial charge is 0.496 e. The van der Waals surface area contributed by atoms with Crippen LogP contribution in [0.5, 0.6) is 11.5 Å². The predicted molar refractivity (Wildman–Crippen MR) is 154 cm³/mol. The Hall–Kier alpha value is -4.57. The van der Waals surface area contributed by atoms with E-state index >= 15 is 0 Å². The van der Waals surface area contributed by atoms with Gasteiger partial charge in [0.2, 0.25) is 5.91 Å². The van der Waals surface area contributed by atoms with Crippen LogP contribution in [0.3, 0.4) is 0 Å². The second kappa shape index (κ2) is 13.7. The van der Waals surface area contributed by atoms with Crippen LogP contribution < -0.4 is 20.2 Å². The summed E-state index contributed by atoms with van der Waals surface area (Å²) >= 11 is 6.22. The van der Waals surface area contributed by atoms with Gasteiger partial charge in [-0.3, -0.25) is 9.69 Å². The van der Waals surface area contributed by atoms with Crippen LogP contribution in [-0.2, 0) is 11.2 Å². The van der Waals surface area contributed by atoms with Gasteiger partial charge in [-0.2, -0.15) is 0 Å². The molecule has 0 aliphatic carbocycles. The molecule has 3 N–H and O–H groups in total. The third-order valence-corrected chi connectivity index (χ3v) is 6.84. The summed E-state index contributed by atoms with van der Waals surface area (Å²) in [4.78, 5) is 45.0. The van der Waals surface area contributed by atoms with Gasteiger partial charge in [-0.1, -0.05) is 54.0 Å². The molecule has 3 aromatic rings. The number of benzene rings is 3. The fraction of sp³-hybridized carbons (Fsp3) is 0.267. The minimum absolute atomic E-state index is 0.0151. The van der Waals surface area contributed by atoms with Gasteiger partial charge in [0.15, 0.2) is 11.6 Å². The molecule has 0 radical (unpaired) electrons. The summed E-state index contributed by atoms with van der Waals surface area (Å²) in [6.45, 7) is 1.70. The Kier molecular flexibility index (Phi) is 9.81. The lowest BCUT2D eigenvalue weighted by Crippen LogP contribution is -2.47. The SMILES string of the molecule is CC[C@@H](NC(=O)N1C/C(=N/Oc2ccccc2)NC(Cc2cc(Cl)ccc2OC)CC1=O)c1cccc(C(=O)O)c1. The average Bonchev–Trinajstić information content (AvgIpc) is 3.13. The number of nitrogens with one attached hydrogen (secondary N) is 2. The number of amidine groups is 1. The van der Waals surface area contributed by atoms with E-state index in [1.807, 2.05) is 13.0 Å². The highest BCUT2D eigenvalue weighted by Crippen LogP contribution is 2.25. The van der Waals surface area contributed by atoms with Gasteiger partial charge in [0.25, 0.3) is 0 Å². The molecule has 0 bridgehead atoms. The normalized spacial score (nSPS) is 16.9. The lowest BCUT2D eigenvalue weighted by molar-refractivity contribution is -0.127. The van der Waals surface area contributed by atoms with Crippen molar-refractivity contribution < 1.29 is 29.1 Å². The highest BCUT2D eigenvalue weighted by molar-refractivity contribution is 6.30. The summed E-state index contributed by atoms with van der Waals surface area (Å²) in [5, 5.41) is 20.3. The number of amides is 3. The topological polar surface area (TPSA) is 130 Å². The van der Waals surface area contributed by atoms with Crippen molar-refractivity contribution in [2.24, 2.45) is 5.16 Å². The molecular weight excluding hydrogens is 548 g/mol. The van der Waals surface area contributed by atoms with Crippen LogP contribution in [0.15, 0.2) is 78.0 Å². The average molecular weight is 579 g/mol. The molecule has 41 heavy (non-hydrogen) atoms. The number of aromatic carboxylic acids is 1. The van der Waals surface area contributed by atoms with E-state index in [0.29, 0.717) is 34.9 Å². The third kappa shape index (κ3) is 7.76. The van der Waals surface area contributed by atoms with Gasteiger partial charge in [0, 0.05) is 17.5 Å². The number of para-hydroxylation sites is 1. The quantitative estimate of drug-likeness (QED) is 0.304. The van der Waals surface area contributed by atoms with Crippen LogP contribution in [0.1, 0.15) is 47.3 Å². The van der Waals surface area contributed by atoms with E-state index in [1.165, 1.54) is 12.1 Å². The molecule has 1 unspecified atom stereocenters. The molecule has 214 valence electrons. The number of oxime groups is 1. The molecule has 1 aliphatic heterocycles. The first-order valence-corrected chi connectivity index (χ1v) is 13.5. The first-order valence-electron chi connectivity index (χ1n) is 13.1. The lowest BCUT2D eigenvalue weighted by atomic mass is 10.0. The first-order chi connectivity index (χ1) is 19.8. The number of urea groups is 1. The van der Waals surface area contributed by atoms with Gasteiger partial charge in [0.05, 0.1) is 25.3 Å². The Bertz CT molecular complexity index is 1430.